The van der Waals surface area contributed by atoms with E-state index in [0.29, 0.717) is 12.6 Å². The van der Waals surface area contributed by atoms with Crippen LogP contribution in [0.4, 0.5) is 0 Å². The fourth-order valence-corrected chi connectivity index (χ4v) is 3.50. The summed E-state index contributed by atoms with van der Waals surface area (Å²) in [5.74, 6) is 0.873. The Hall–Kier alpha value is -1.50. The molecule has 1 aromatic heterocycles. The van der Waals surface area contributed by atoms with Crippen LogP contribution in [0.25, 0.3) is 0 Å². The molecule has 122 valence electrons. The number of carbonyl (C=O) groups excluding carboxylic acids is 1. The van der Waals surface area contributed by atoms with Gasteiger partial charge < -0.3 is 9.64 Å². The van der Waals surface area contributed by atoms with Crippen LogP contribution in [0, 0.1) is 5.92 Å². The van der Waals surface area contributed by atoms with Crippen molar-refractivity contribution in [3.63, 3.8) is 0 Å². The van der Waals surface area contributed by atoms with Crippen molar-refractivity contribution >= 4 is 5.91 Å². The Kier molecular flexibility index (Phi) is 5.02. The number of ether oxygens (including phenoxy) is 1. The molecule has 2 heterocycles. The highest BCUT2D eigenvalue weighted by molar-refractivity contribution is 5.76. The Morgan fingerprint density at radius 2 is 2.14 bits per heavy atom. The SMILES string of the molecule is CC1CCC(N(C[C@H]2CCCO2)C(=O)Cn2cnnn2)CC1. The lowest BCUT2D eigenvalue weighted by Gasteiger charge is -2.37. The number of rotatable bonds is 5. The van der Waals surface area contributed by atoms with Gasteiger partial charge >= 0.3 is 0 Å². The van der Waals surface area contributed by atoms with Crippen LogP contribution in [0.5, 0.6) is 0 Å². The van der Waals surface area contributed by atoms with Crippen LogP contribution in [0.3, 0.4) is 0 Å². The van der Waals surface area contributed by atoms with E-state index in [4.69, 9.17) is 4.74 Å². The molecule has 22 heavy (non-hydrogen) atoms. The predicted molar refractivity (Wildman–Crippen MR) is 79.9 cm³/mol. The first kappa shape index (κ1) is 15.4. The zero-order chi connectivity index (χ0) is 15.4. The third-order valence-electron chi connectivity index (χ3n) is 4.86. The fourth-order valence-electron chi connectivity index (χ4n) is 3.50. The lowest BCUT2D eigenvalue weighted by atomic mass is 9.86. The molecule has 2 fully saturated rings. The smallest absolute Gasteiger partial charge is 0.244 e. The van der Waals surface area contributed by atoms with E-state index < -0.39 is 0 Å². The second kappa shape index (κ2) is 7.17. The Bertz CT molecular complexity index is 464. The van der Waals surface area contributed by atoms with Gasteiger partial charge in [-0.3, -0.25) is 4.79 Å². The number of hydrogen-bond acceptors (Lipinski definition) is 5. The normalized spacial score (nSPS) is 28.7. The minimum Gasteiger partial charge on any atom is -0.376 e. The maximum Gasteiger partial charge on any atom is 0.244 e. The summed E-state index contributed by atoms with van der Waals surface area (Å²) in [6.07, 6.45) is 8.42. The van der Waals surface area contributed by atoms with E-state index in [0.717, 1.165) is 38.2 Å². The highest BCUT2D eigenvalue weighted by atomic mass is 16.5. The van der Waals surface area contributed by atoms with Crippen molar-refractivity contribution in [1.82, 2.24) is 25.1 Å². The molecule has 1 aliphatic carbocycles. The second-order valence-corrected chi connectivity index (χ2v) is 6.60. The molecule has 0 N–H and O–H groups in total. The van der Waals surface area contributed by atoms with Crippen molar-refractivity contribution < 1.29 is 9.53 Å². The lowest BCUT2D eigenvalue weighted by molar-refractivity contribution is -0.137. The zero-order valence-corrected chi connectivity index (χ0v) is 13.2. The molecule has 1 aromatic rings. The van der Waals surface area contributed by atoms with E-state index in [1.807, 2.05) is 4.90 Å². The summed E-state index contributed by atoms with van der Waals surface area (Å²) in [6.45, 7) is 4.04. The summed E-state index contributed by atoms with van der Waals surface area (Å²) in [4.78, 5) is 14.8. The van der Waals surface area contributed by atoms with Crippen LogP contribution in [-0.2, 0) is 16.1 Å². The van der Waals surface area contributed by atoms with Gasteiger partial charge in [-0.2, -0.15) is 0 Å². The monoisotopic (exact) mass is 307 g/mol. The third-order valence-corrected chi connectivity index (χ3v) is 4.86. The van der Waals surface area contributed by atoms with Gasteiger partial charge in [-0.15, -0.1) is 5.10 Å². The van der Waals surface area contributed by atoms with E-state index >= 15 is 0 Å². The Balaban J connectivity index is 1.65. The molecule has 7 nitrogen and oxygen atoms in total. The molecule has 1 aliphatic heterocycles. The van der Waals surface area contributed by atoms with Crippen molar-refractivity contribution in [2.45, 2.75) is 64.1 Å². The molecule has 0 aromatic carbocycles. The van der Waals surface area contributed by atoms with Crippen LogP contribution < -0.4 is 0 Å². The van der Waals surface area contributed by atoms with Gasteiger partial charge in [-0.25, -0.2) is 4.68 Å². The first-order valence-electron chi connectivity index (χ1n) is 8.34. The second-order valence-electron chi connectivity index (χ2n) is 6.60. The average Bonchev–Trinajstić information content (AvgIpc) is 3.19. The zero-order valence-electron chi connectivity index (χ0n) is 13.2. The van der Waals surface area contributed by atoms with Crippen LogP contribution in [0.2, 0.25) is 0 Å². The van der Waals surface area contributed by atoms with Gasteiger partial charge in [0.25, 0.3) is 0 Å². The van der Waals surface area contributed by atoms with Gasteiger partial charge in [-0.05, 0) is 54.9 Å². The Labute approximate surface area is 131 Å². The standard InChI is InChI=1S/C15H25N5O2/c1-12-4-6-13(7-5-12)20(9-14-3-2-8-22-14)15(21)10-19-11-16-17-18-19/h11-14H,2-10H2,1H3/t12?,13?,14-/m1/s1. The first-order chi connectivity index (χ1) is 10.7. The largest absolute Gasteiger partial charge is 0.376 e. The van der Waals surface area contributed by atoms with Gasteiger partial charge in [0.15, 0.2) is 0 Å². The van der Waals surface area contributed by atoms with Crippen molar-refractivity contribution in [2.24, 2.45) is 5.92 Å². The molecule has 0 radical (unpaired) electrons. The van der Waals surface area contributed by atoms with Crippen molar-refractivity contribution in [1.29, 1.82) is 0 Å². The number of nitrogens with zero attached hydrogens (tertiary/aromatic N) is 5. The van der Waals surface area contributed by atoms with E-state index in [1.54, 1.807) is 0 Å². The summed E-state index contributed by atoms with van der Waals surface area (Å²) < 4.78 is 7.24. The van der Waals surface area contributed by atoms with Gasteiger partial charge in [0, 0.05) is 19.2 Å². The van der Waals surface area contributed by atoms with Gasteiger partial charge in [0.1, 0.15) is 12.9 Å². The molecular weight excluding hydrogens is 282 g/mol. The van der Waals surface area contributed by atoms with Gasteiger partial charge in [0.2, 0.25) is 5.91 Å². The Morgan fingerprint density at radius 1 is 1.32 bits per heavy atom. The topological polar surface area (TPSA) is 73.1 Å². The molecule has 0 unspecified atom stereocenters. The summed E-state index contributed by atoms with van der Waals surface area (Å²) >= 11 is 0. The van der Waals surface area contributed by atoms with Gasteiger partial charge in [-0.1, -0.05) is 6.92 Å². The molecule has 2 aliphatic rings. The molecule has 1 amide bonds. The first-order valence-corrected chi connectivity index (χ1v) is 8.34. The van der Waals surface area contributed by atoms with Crippen LogP contribution in [0.15, 0.2) is 6.33 Å². The van der Waals surface area contributed by atoms with E-state index in [9.17, 15) is 4.79 Å². The van der Waals surface area contributed by atoms with E-state index in [2.05, 4.69) is 22.4 Å². The van der Waals surface area contributed by atoms with Crippen molar-refractivity contribution in [3.8, 4) is 0 Å². The van der Waals surface area contributed by atoms with Crippen LogP contribution in [-0.4, -0.2) is 56.3 Å². The summed E-state index contributed by atoms with van der Waals surface area (Å²) in [6, 6.07) is 0.337. The van der Waals surface area contributed by atoms with Crippen molar-refractivity contribution in [3.05, 3.63) is 6.33 Å². The quantitative estimate of drug-likeness (QED) is 0.819. The minimum atomic E-state index is 0.0994. The fraction of sp³-hybridized carbons (Fsp3) is 0.867. The highest BCUT2D eigenvalue weighted by Gasteiger charge is 2.30. The number of aromatic nitrogens is 4. The van der Waals surface area contributed by atoms with Crippen molar-refractivity contribution in [2.75, 3.05) is 13.2 Å². The van der Waals surface area contributed by atoms with Crippen LogP contribution in [0.1, 0.15) is 45.4 Å². The van der Waals surface area contributed by atoms with E-state index in [-0.39, 0.29) is 18.6 Å². The summed E-state index contributed by atoms with van der Waals surface area (Å²) in [7, 11) is 0. The molecular formula is C15H25N5O2. The number of hydrogen-bond donors (Lipinski definition) is 0. The van der Waals surface area contributed by atoms with E-state index in [1.165, 1.54) is 23.9 Å². The number of tetrazole rings is 1. The minimum absolute atomic E-state index is 0.0994. The molecule has 0 bridgehead atoms. The molecule has 1 saturated heterocycles. The molecule has 7 heteroatoms. The average molecular weight is 307 g/mol. The Morgan fingerprint density at radius 3 is 2.77 bits per heavy atom. The maximum absolute atomic E-state index is 12.7. The van der Waals surface area contributed by atoms with Gasteiger partial charge in [0.05, 0.1) is 6.10 Å². The van der Waals surface area contributed by atoms with Crippen LogP contribution >= 0.6 is 0 Å². The molecule has 1 atom stereocenters. The highest BCUT2D eigenvalue weighted by Crippen LogP contribution is 2.28. The molecule has 0 spiro atoms. The number of amides is 1. The summed E-state index contributed by atoms with van der Waals surface area (Å²) in [5.41, 5.74) is 0. The maximum atomic E-state index is 12.7. The molecule has 3 rings (SSSR count). The third kappa shape index (κ3) is 3.82. The predicted octanol–water partition coefficient (Wildman–Crippen LogP) is 1.26. The lowest BCUT2D eigenvalue weighted by Crippen LogP contribution is -2.47. The summed E-state index contributed by atoms with van der Waals surface area (Å²) in [5, 5.41) is 11.0. The number of carbonyl (C=O) groups is 1. The molecule has 1 saturated carbocycles.